The number of halogens is 3. The van der Waals surface area contributed by atoms with Gasteiger partial charge in [-0.3, -0.25) is 20.9 Å². The van der Waals surface area contributed by atoms with Crippen LogP contribution in [-0.4, -0.2) is 30.1 Å². The van der Waals surface area contributed by atoms with Crippen molar-refractivity contribution in [2.24, 2.45) is 5.84 Å². The highest BCUT2D eigenvalue weighted by Gasteiger charge is 2.39. The first-order valence-corrected chi connectivity index (χ1v) is 2.94. The lowest BCUT2D eigenvalue weighted by molar-refractivity contribution is -0.173. The lowest BCUT2D eigenvalue weighted by Crippen LogP contribution is -2.24. The molecule has 0 saturated carbocycles. The van der Waals surface area contributed by atoms with Crippen molar-refractivity contribution in [3.8, 4) is 0 Å². The number of hydrogen-bond donors (Lipinski definition) is 3. The molecule has 0 aromatic heterocycles. The highest BCUT2D eigenvalue weighted by Crippen LogP contribution is 2.17. The summed E-state index contributed by atoms with van der Waals surface area (Å²) in [6, 6.07) is 0. The number of carbonyl (C=O) groups excluding carboxylic acids is 1. The molecule has 0 aliphatic carbocycles. The second kappa shape index (κ2) is 6.38. The third-order valence-electron chi connectivity index (χ3n) is 0.628. The van der Waals surface area contributed by atoms with Crippen LogP contribution in [0.15, 0.2) is 0 Å². The topological polar surface area (TPSA) is 92.4 Å². The van der Waals surface area contributed by atoms with Crippen LogP contribution in [0.1, 0.15) is 6.42 Å². The Bertz CT molecular complexity index is 180. The smallest absolute Gasteiger partial charge is 0.450 e. The van der Waals surface area contributed by atoms with E-state index in [0.29, 0.717) is 0 Å². The molecule has 0 saturated heterocycles. The number of carboxylic acids is 1. The van der Waals surface area contributed by atoms with Crippen LogP contribution in [0.3, 0.4) is 0 Å². The van der Waals surface area contributed by atoms with Gasteiger partial charge in [0.2, 0.25) is 5.78 Å². The van der Waals surface area contributed by atoms with Crippen molar-refractivity contribution in [2.45, 2.75) is 12.6 Å². The van der Waals surface area contributed by atoms with Crippen LogP contribution >= 0.6 is 0 Å². The number of alkyl halides is 3. The fourth-order valence-corrected chi connectivity index (χ4v) is 0.238. The Morgan fingerprint density at radius 1 is 1.46 bits per heavy atom. The average Bonchev–Trinajstić information content (AvgIpc) is 1.85. The summed E-state index contributed by atoms with van der Waals surface area (Å²) in [6.45, 7) is 0. The zero-order chi connectivity index (χ0) is 11.1. The number of carbonyl (C=O) groups is 2. The molecule has 0 aliphatic rings. The number of hydrogen-bond acceptors (Lipinski definition) is 4. The molecule has 0 heterocycles. The van der Waals surface area contributed by atoms with Gasteiger partial charge < -0.3 is 5.11 Å². The molecule has 8 heteroatoms. The molecule has 78 valence electrons. The number of Topliss-reactive ketones (excluding diaryl/α,β-unsaturated/α-hetero) is 1. The van der Waals surface area contributed by atoms with Crippen LogP contribution in [0, 0.1) is 0 Å². The Balaban J connectivity index is 0. The van der Waals surface area contributed by atoms with Gasteiger partial charge in [0.1, 0.15) is 6.42 Å². The van der Waals surface area contributed by atoms with E-state index in [1.807, 2.05) is 0 Å². The Labute approximate surface area is 71.7 Å². The van der Waals surface area contributed by atoms with Crippen molar-refractivity contribution in [3.63, 3.8) is 0 Å². The van der Waals surface area contributed by atoms with Gasteiger partial charge in [-0.25, -0.2) is 0 Å². The molecule has 5 nitrogen and oxygen atoms in total. The minimum Gasteiger partial charge on any atom is -0.481 e. The summed E-state index contributed by atoms with van der Waals surface area (Å²) in [5.74, 6) is 0.585. The lowest BCUT2D eigenvalue weighted by atomic mass is 10.3. The zero-order valence-corrected chi connectivity index (χ0v) is 6.68. The SMILES string of the molecule is CNN.O=C(O)CC(=O)C(F)(F)F. The summed E-state index contributed by atoms with van der Waals surface area (Å²) in [7, 11) is 1.65. The molecule has 0 aliphatic heterocycles. The number of hydrazine groups is 1. The van der Waals surface area contributed by atoms with E-state index < -0.39 is 24.3 Å². The summed E-state index contributed by atoms with van der Waals surface area (Å²) in [5.41, 5.74) is 2.25. The Morgan fingerprint density at radius 3 is 1.85 bits per heavy atom. The molecular weight excluding hydrogens is 193 g/mol. The van der Waals surface area contributed by atoms with Crippen molar-refractivity contribution in [3.05, 3.63) is 0 Å². The van der Waals surface area contributed by atoms with Crippen LogP contribution in [-0.2, 0) is 9.59 Å². The number of ketones is 1. The predicted octanol–water partition coefficient (Wildman–Crippen LogP) is -0.328. The molecule has 13 heavy (non-hydrogen) atoms. The van der Waals surface area contributed by atoms with Crippen LogP contribution < -0.4 is 11.3 Å². The average molecular weight is 202 g/mol. The summed E-state index contributed by atoms with van der Waals surface area (Å²) in [5, 5.41) is 7.73. The Hall–Kier alpha value is -1.15. The first-order valence-electron chi connectivity index (χ1n) is 2.94. The predicted molar refractivity (Wildman–Crippen MR) is 36.6 cm³/mol. The van der Waals surface area contributed by atoms with Crippen molar-refractivity contribution < 1.29 is 27.9 Å². The van der Waals surface area contributed by atoms with Gasteiger partial charge in [0, 0.05) is 0 Å². The minimum absolute atomic E-state index is 1.50. The molecule has 0 bridgehead atoms. The molecule has 0 radical (unpaired) electrons. The van der Waals surface area contributed by atoms with Crippen molar-refractivity contribution in [2.75, 3.05) is 7.05 Å². The maximum atomic E-state index is 11.2. The molecule has 0 amide bonds. The number of nitrogens with two attached hydrogens (primary N) is 1. The lowest BCUT2D eigenvalue weighted by Gasteiger charge is -2.00. The Kier molecular flexibility index (Phi) is 7.05. The summed E-state index contributed by atoms with van der Waals surface area (Å²) in [6.07, 6.45) is -6.53. The first-order chi connectivity index (χ1) is 5.75. The van der Waals surface area contributed by atoms with Gasteiger partial charge in [-0.1, -0.05) is 0 Å². The van der Waals surface area contributed by atoms with E-state index >= 15 is 0 Å². The van der Waals surface area contributed by atoms with Crippen LogP contribution in [0.4, 0.5) is 13.2 Å². The van der Waals surface area contributed by atoms with E-state index in [2.05, 4.69) is 11.3 Å². The third-order valence-corrected chi connectivity index (χ3v) is 0.628. The zero-order valence-electron chi connectivity index (χ0n) is 6.68. The van der Waals surface area contributed by atoms with Gasteiger partial charge >= 0.3 is 12.1 Å². The van der Waals surface area contributed by atoms with Gasteiger partial charge in [-0.15, -0.1) is 0 Å². The standard InChI is InChI=1S/C4H3F3O3.CH6N2/c5-4(6,7)2(8)1-3(9)10;1-3-2/h1H2,(H,9,10);3H,2H2,1H3. The molecule has 0 aromatic rings. The van der Waals surface area contributed by atoms with E-state index in [1.165, 1.54) is 0 Å². The van der Waals surface area contributed by atoms with Gasteiger partial charge in [0.15, 0.2) is 0 Å². The molecule has 0 spiro atoms. The Morgan fingerprint density at radius 2 is 1.77 bits per heavy atom. The molecule has 4 N–H and O–H groups in total. The van der Waals surface area contributed by atoms with Crippen molar-refractivity contribution in [1.29, 1.82) is 0 Å². The monoisotopic (exact) mass is 202 g/mol. The van der Waals surface area contributed by atoms with Crippen LogP contribution in [0.5, 0.6) is 0 Å². The van der Waals surface area contributed by atoms with Gasteiger partial charge in [0.05, 0.1) is 0 Å². The van der Waals surface area contributed by atoms with Gasteiger partial charge in [-0.2, -0.15) is 13.2 Å². The second-order valence-corrected chi connectivity index (χ2v) is 1.78. The molecule has 0 atom stereocenters. The maximum Gasteiger partial charge on any atom is 0.450 e. The number of rotatable bonds is 2. The maximum absolute atomic E-state index is 11.2. The van der Waals surface area contributed by atoms with E-state index in [-0.39, 0.29) is 0 Å². The summed E-state index contributed by atoms with van der Waals surface area (Å²) in [4.78, 5) is 19.3. The van der Waals surface area contributed by atoms with E-state index in [9.17, 15) is 22.8 Å². The minimum atomic E-state index is -5.03. The normalized spacial score (nSPS) is 9.92. The fraction of sp³-hybridized carbons (Fsp3) is 0.600. The molecule has 0 rings (SSSR count). The van der Waals surface area contributed by atoms with Crippen LogP contribution in [0.25, 0.3) is 0 Å². The largest absolute Gasteiger partial charge is 0.481 e. The second-order valence-electron chi connectivity index (χ2n) is 1.78. The first kappa shape index (κ1) is 14.4. The fourth-order valence-electron chi connectivity index (χ4n) is 0.238. The van der Waals surface area contributed by atoms with Crippen molar-refractivity contribution in [1.82, 2.24) is 5.43 Å². The number of carboxylic acid groups (broad SMARTS) is 1. The van der Waals surface area contributed by atoms with Crippen LogP contribution in [0.2, 0.25) is 0 Å². The third kappa shape index (κ3) is 10.8. The molecule has 0 unspecified atom stereocenters. The van der Waals surface area contributed by atoms with E-state index in [4.69, 9.17) is 5.11 Å². The molecule has 0 fully saturated rings. The molecular formula is C5H9F3N2O3. The highest BCUT2D eigenvalue weighted by molar-refractivity contribution is 5.97. The highest BCUT2D eigenvalue weighted by atomic mass is 19.4. The van der Waals surface area contributed by atoms with E-state index in [1.54, 1.807) is 7.05 Å². The summed E-state index contributed by atoms with van der Waals surface area (Å²) < 4.78 is 33.6. The quantitative estimate of drug-likeness (QED) is 0.324. The van der Waals surface area contributed by atoms with E-state index in [0.717, 1.165) is 0 Å². The molecule has 0 aromatic carbocycles. The number of nitrogens with one attached hydrogen (secondary N) is 1. The van der Waals surface area contributed by atoms with Gasteiger partial charge in [0.25, 0.3) is 0 Å². The van der Waals surface area contributed by atoms with Gasteiger partial charge in [-0.05, 0) is 7.05 Å². The van der Waals surface area contributed by atoms with Crippen molar-refractivity contribution >= 4 is 11.8 Å². The number of aliphatic carboxylic acids is 1. The summed E-state index contributed by atoms with van der Waals surface area (Å²) >= 11 is 0.